The average molecular weight is 290 g/mol. The quantitative estimate of drug-likeness (QED) is 0.238. The molecule has 0 bridgehead atoms. The maximum atomic E-state index is 11.8. The van der Waals surface area contributed by atoms with E-state index in [0.29, 0.717) is 0 Å². The Labute approximate surface area is 114 Å². The summed E-state index contributed by atoms with van der Waals surface area (Å²) < 4.78 is 4.89. The van der Waals surface area contributed by atoms with Crippen molar-refractivity contribution in [3.63, 3.8) is 0 Å². The summed E-state index contributed by atoms with van der Waals surface area (Å²) in [6.07, 6.45) is -4.19. The van der Waals surface area contributed by atoms with E-state index in [1.165, 1.54) is 0 Å². The molecular weight excluding hydrogens is 272 g/mol. The number of ether oxygens (including phenoxy) is 1. The number of nitrogens with two attached hydrogens (primary N) is 1. The number of rotatable bonds is 7. The SMILES string of the molecule is N[C@@H](C=O)[C@@H](OC(=O)C1CCC(=O)N1)[C@H](O)[C@H](O)CO. The molecule has 6 N–H and O–H groups in total. The number of carbonyl (C=O) groups is 3. The molecule has 1 heterocycles. The van der Waals surface area contributed by atoms with Gasteiger partial charge in [-0.2, -0.15) is 0 Å². The lowest BCUT2D eigenvalue weighted by Crippen LogP contribution is -2.53. The summed E-state index contributed by atoms with van der Waals surface area (Å²) in [5.74, 6) is -1.17. The summed E-state index contributed by atoms with van der Waals surface area (Å²) in [4.78, 5) is 33.4. The normalized spacial score (nSPS) is 24.4. The molecule has 1 unspecified atom stereocenters. The second-order valence-electron chi connectivity index (χ2n) is 4.51. The Balaban J connectivity index is 2.71. The maximum absolute atomic E-state index is 11.8. The highest BCUT2D eigenvalue weighted by atomic mass is 16.6. The van der Waals surface area contributed by atoms with Gasteiger partial charge in [-0.3, -0.25) is 4.79 Å². The van der Waals surface area contributed by atoms with E-state index in [9.17, 15) is 24.6 Å². The minimum atomic E-state index is -1.72. The van der Waals surface area contributed by atoms with Gasteiger partial charge in [-0.1, -0.05) is 0 Å². The van der Waals surface area contributed by atoms with E-state index in [1.807, 2.05) is 0 Å². The highest BCUT2D eigenvalue weighted by Gasteiger charge is 2.37. The molecule has 1 aliphatic heterocycles. The van der Waals surface area contributed by atoms with Gasteiger partial charge in [0.05, 0.1) is 6.61 Å². The van der Waals surface area contributed by atoms with Gasteiger partial charge in [0.2, 0.25) is 5.91 Å². The van der Waals surface area contributed by atoms with Crippen LogP contribution in [0.3, 0.4) is 0 Å². The molecule has 1 amide bonds. The second-order valence-corrected chi connectivity index (χ2v) is 4.51. The maximum Gasteiger partial charge on any atom is 0.329 e. The molecule has 0 spiro atoms. The summed E-state index contributed by atoms with van der Waals surface area (Å²) >= 11 is 0. The summed E-state index contributed by atoms with van der Waals surface area (Å²) in [7, 11) is 0. The van der Waals surface area contributed by atoms with Crippen molar-refractivity contribution in [2.75, 3.05) is 6.61 Å². The Bertz CT molecular complexity index is 376. The van der Waals surface area contributed by atoms with Crippen LogP contribution in [-0.2, 0) is 19.1 Å². The first-order valence-electron chi connectivity index (χ1n) is 6.08. The van der Waals surface area contributed by atoms with Crippen molar-refractivity contribution in [1.29, 1.82) is 0 Å². The van der Waals surface area contributed by atoms with Crippen LogP contribution >= 0.6 is 0 Å². The van der Waals surface area contributed by atoms with Gasteiger partial charge in [-0.15, -0.1) is 0 Å². The molecule has 0 aromatic carbocycles. The van der Waals surface area contributed by atoms with Crippen LogP contribution in [0, 0.1) is 0 Å². The van der Waals surface area contributed by atoms with Crippen molar-refractivity contribution in [2.24, 2.45) is 5.73 Å². The second kappa shape index (κ2) is 7.29. The number of hydrogen-bond donors (Lipinski definition) is 5. The van der Waals surface area contributed by atoms with Gasteiger partial charge in [0.1, 0.15) is 30.6 Å². The molecule has 1 rings (SSSR count). The molecule has 0 saturated carbocycles. The predicted octanol–water partition coefficient (Wildman–Crippen LogP) is -3.58. The average Bonchev–Trinajstić information content (AvgIpc) is 2.88. The van der Waals surface area contributed by atoms with E-state index < -0.39 is 43.0 Å². The first-order chi connectivity index (χ1) is 9.40. The minimum absolute atomic E-state index is 0.173. The third-order valence-corrected chi connectivity index (χ3v) is 2.99. The zero-order chi connectivity index (χ0) is 15.3. The Morgan fingerprint density at radius 3 is 2.65 bits per heavy atom. The standard InChI is InChI=1S/C11H18N2O7/c12-5(3-14)10(9(18)7(16)4-15)20-11(19)6-1-2-8(17)13-6/h3,5-7,9-10,15-16,18H,1-2,4,12H2,(H,13,17)/t5-,6?,7+,9+,10+/m0/s1. The Morgan fingerprint density at radius 1 is 1.55 bits per heavy atom. The zero-order valence-corrected chi connectivity index (χ0v) is 10.6. The van der Waals surface area contributed by atoms with Crippen LogP contribution in [0.5, 0.6) is 0 Å². The van der Waals surface area contributed by atoms with Crippen LogP contribution in [0.4, 0.5) is 0 Å². The van der Waals surface area contributed by atoms with Gasteiger partial charge in [-0.05, 0) is 6.42 Å². The lowest BCUT2D eigenvalue weighted by atomic mass is 10.0. The van der Waals surface area contributed by atoms with Gasteiger partial charge >= 0.3 is 5.97 Å². The first kappa shape index (κ1) is 16.5. The minimum Gasteiger partial charge on any atom is -0.456 e. The van der Waals surface area contributed by atoms with Crippen LogP contribution in [-0.4, -0.2) is 70.5 Å². The summed E-state index contributed by atoms with van der Waals surface area (Å²) in [5, 5.41) is 30.2. The fourth-order valence-corrected chi connectivity index (χ4v) is 1.79. The summed E-state index contributed by atoms with van der Waals surface area (Å²) in [6.45, 7) is -0.791. The van der Waals surface area contributed by atoms with Gasteiger partial charge in [-0.25, -0.2) is 4.79 Å². The van der Waals surface area contributed by atoms with Crippen molar-refractivity contribution < 1.29 is 34.4 Å². The van der Waals surface area contributed by atoms with Gasteiger partial charge in [0, 0.05) is 6.42 Å². The van der Waals surface area contributed by atoms with E-state index in [2.05, 4.69) is 5.32 Å². The van der Waals surface area contributed by atoms with Crippen LogP contribution in [0.15, 0.2) is 0 Å². The van der Waals surface area contributed by atoms with Crippen LogP contribution in [0.25, 0.3) is 0 Å². The zero-order valence-electron chi connectivity index (χ0n) is 10.6. The van der Waals surface area contributed by atoms with Gasteiger partial charge in [0.15, 0.2) is 6.10 Å². The van der Waals surface area contributed by atoms with Gasteiger partial charge in [0.25, 0.3) is 0 Å². The number of aldehydes is 1. The van der Waals surface area contributed by atoms with E-state index >= 15 is 0 Å². The van der Waals surface area contributed by atoms with Crippen LogP contribution in [0.1, 0.15) is 12.8 Å². The summed E-state index contributed by atoms with van der Waals surface area (Å²) in [5.41, 5.74) is 5.40. The van der Waals surface area contributed by atoms with Gasteiger partial charge < -0.3 is 35.9 Å². The molecule has 0 aliphatic carbocycles. The molecule has 114 valence electrons. The molecule has 0 aromatic heterocycles. The smallest absolute Gasteiger partial charge is 0.329 e. The van der Waals surface area contributed by atoms with E-state index in [4.69, 9.17) is 15.6 Å². The molecule has 20 heavy (non-hydrogen) atoms. The molecule has 1 fully saturated rings. The van der Waals surface area contributed by atoms with Crippen LogP contribution < -0.4 is 11.1 Å². The Morgan fingerprint density at radius 2 is 2.20 bits per heavy atom. The third-order valence-electron chi connectivity index (χ3n) is 2.99. The molecule has 5 atom stereocenters. The number of hydrogen-bond acceptors (Lipinski definition) is 8. The van der Waals surface area contributed by atoms with Crippen molar-refractivity contribution in [1.82, 2.24) is 5.32 Å². The van der Waals surface area contributed by atoms with Crippen molar-refractivity contribution >= 4 is 18.2 Å². The topological polar surface area (TPSA) is 159 Å². The Hall–Kier alpha value is -1.55. The Kier molecular flexibility index (Phi) is 6.02. The highest BCUT2D eigenvalue weighted by molar-refractivity contribution is 5.88. The van der Waals surface area contributed by atoms with Crippen molar-refractivity contribution in [2.45, 2.75) is 43.2 Å². The number of nitrogens with one attached hydrogen (secondary N) is 1. The number of amides is 1. The van der Waals surface area contributed by atoms with Crippen molar-refractivity contribution in [3.8, 4) is 0 Å². The molecule has 1 aliphatic rings. The predicted molar refractivity (Wildman–Crippen MR) is 64.2 cm³/mol. The lowest BCUT2D eigenvalue weighted by Gasteiger charge is -2.28. The lowest BCUT2D eigenvalue weighted by molar-refractivity contribution is -0.166. The molecule has 1 saturated heterocycles. The monoisotopic (exact) mass is 290 g/mol. The van der Waals surface area contributed by atoms with E-state index in [0.717, 1.165) is 0 Å². The number of aliphatic hydroxyl groups excluding tert-OH is 3. The molecule has 9 nitrogen and oxygen atoms in total. The van der Waals surface area contributed by atoms with Crippen molar-refractivity contribution in [3.05, 3.63) is 0 Å². The fourth-order valence-electron chi connectivity index (χ4n) is 1.79. The first-order valence-corrected chi connectivity index (χ1v) is 6.08. The molecule has 0 radical (unpaired) electrons. The number of aliphatic hydroxyl groups is 3. The largest absolute Gasteiger partial charge is 0.456 e. The van der Waals surface area contributed by atoms with Crippen LogP contribution in [0.2, 0.25) is 0 Å². The molecule has 0 aromatic rings. The number of carbonyl (C=O) groups excluding carboxylic acids is 3. The molecule has 9 heteroatoms. The fraction of sp³-hybridized carbons (Fsp3) is 0.727. The highest BCUT2D eigenvalue weighted by Crippen LogP contribution is 2.13. The third kappa shape index (κ3) is 3.97. The summed E-state index contributed by atoms with van der Waals surface area (Å²) in [6, 6.07) is -2.24. The molecular formula is C11H18N2O7. The van der Waals surface area contributed by atoms with E-state index in [-0.39, 0.29) is 25.0 Å². The number of esters is 1. The van der Waals surface area contributed by atoms with E-state index in [1.54, 1.807) is 0 Å².